The molecule has 0 spiro atoms. The average Bonchev–Trinajstić information content (AvgIpc) is 3.69. The molecule has 2 aliphatic rings. The van der Waals surface area contributed by atoms with Crippen molar-refractivity contribution in [3.05, 3.63) is 53.1 Å². The van der Waals surface area contributed by atoms with E-state index < -0.39 is 0 Å². The number of carbonyl (C=O) groups excluding carboxylic acids is 1. The molecule has 1 aliphatic carbocycles. The molecule has 0 saturated heterocycles. The molecular weight excluding hydrogens is 450 g/mol. The Hall–Kier alpha value is -2.93. The van der Waals surface area contributed by atoms with Gasteiger partial charge in [0.15, 0.2) is 0 Å². The summed E-state index contributed by atoms with van der Waals surface area (Å²) in [7, 11) is 1.66. The van der Waals surface area contributed by atoms with Gasteiger partial charge in [-0.1, -0.05) is 26.0 Å². The molecule has 1 amide bonds. The van der Waals surface area contributed by atoms with Crippen LogP contribution in [-0.4, -0.2) is 54.6 Å². The van der Waals surface area contributed by atoms with Gasteiger partial charge in [-0.2, -0.15) is 0 Å². The summed E-state index contributed by atoms with van der Waals surface area (Å²) in [5, 5.41) is 8.04. The molecule has 1 saturated carbocycles. The molecule has 4 rings (SSSR count). The van der Waals surface area contributed by atoms with Crippen molar-refractivity contribution in [1.82, 2.24) is 9.97 Å². The van der Waals surface area contributed by atoms with Crippen molar-refractivity contribution < 1.29 is 9.53 Å². The molecule has 192 valence electrons. The minimum absolute atomic E-state index is 0.105. The van der Waals surface area contributed by atoms with Crippen molar-refractivity contribution in [1.29, 1.82) is 5.41 Å². The van der Waals surface area contributed by atoms with E-state index in [1.54, 1.807) is 14.0 Å². The number of benzene rings is 1. The van der Waals surface area contributed by atoms with Gasteiger partial charge < -0.3 is 15.0 Å². The lowest BCUT2D eigenvalue weighted by atomic mass is 9.68. The van der Waals surface area contributed by atoms with Gasteiger partial charge in [-0.25, -0.2) is 0 Å². The third-order valence-electron chi connectivity index (χ3n) is 7.75. The molecule has 1 fully saturated rings. The highest BCUT2D eigenvalue weighted by Crippen LogP contribution is 2.52. The van der Waals surface area contributed by atoms with E-state index in [4.69, 9.17) is 10.1 Å². The van der Waals surface area contributed by atoms with Gasteiger partial charge in [-0.15, -0.1) is 0 Å². The van der Waals surface area contributed by atoms with Gasteiger partial charge in [0, 0.05) is 50.6 Å². The second-order valence-electron chi connectivity index (χ2n) is 10.5. The Kier molecular flexibility index (Phi) is 8.29. The van der Waals surface area contributed by atoms with E-state index in [0.29, 0.717) is 30.9 Å². The van der Waals surface area contributed by atoms with E-state index in [1.165, 1.54) is 24.6 Å². The summed E-state index contributed by atoms with van der Waals surface area (Å²) in [6, 6.07) is 6.58. The molecule has 1 N–H and O–H groups in total. The minimum atomic E-state index is -0.215. The Labute approximate surface area is 214 Å². The molecule has 36 heavy (non-hydrogen) atoms. The number of methoxy groups -OCH3 is 1. The first-order chi connectivity index (χ1) is 17.3. The van der Waals surface area contributed by atoms with E-state index in [1.807, 2.05) is 25.5 Å². The number of aryl methyl sites for hydroxylation is 1. The number of aromatic nitrogens is 2. The summed E-state index contributed by atoms with van der Waals surface area (Å²) < 4.78 is 5.10. The number of hydrogen-bond donors (Lipinski definition) is 1. The largest absolute Gasteiger partial charge is 0.383 e. The van der Waals surface area contributed by atoms with Crippen LogP contribution in [-0.2, 0) is 16.0 Å². The number of carbonyl (C=O) groups is 1. The summed E-state index contributed by atoms with van der Waals surface area (Å²) in [4.78, 5) is 28.6. The smallest absolute Gasteiger partial charge is 0.224 e. The van der Waals surface area contributed by atoms with E-state index >= 15 is 0 Å². The van der Waals surface area contributed by atoms with Crippen LogP contribution in [0.2, 0.25) is 0 Å². The van der Waals surface area contributed by atoms with Crippen LogP contribution in [0.15, 0.2) is 35.6 Å². The predicted octanol–water partition coefficient (Wildman–Crippen LogP) is 4.98. The summed E-state index contributed by atoms with van der Waals surface area (Å²) in [6.45, 7) is 9.38. The molecule has 0 bridgehead atoms. The number of ether oxygens (including phenoxy) is 1. The van der Waals surface area contributed by atoms with Crippen molar-refractivity contribution in [2.45, 2.75) is 64.8 Å². The number of nitrogens with zero attached hydrogens (tertiary/aromatic N) is 4. The van der Waals surface area contributed by atoms with Gasteiger partial charge in [0.05, 0.1) is 30.5 Å². The van der Waals surface area contributed by atoms with Crippen molar-refractivity contribution in [2.24, 2.45) is 22.7 Å². The Morgan fingerprint density at radius 2 is 2.08 bits per heavy atom. The number of fused-ring (bicyclic) bond motifs is 1. The zero-order valence-corrected chi connectivity index (χ0v) is 22.1. The normalized spacial score (nSPS) is 23.4. The monoisotopic (exact) mass is 489 g/mol. The molecule has 0 radical (unpaired) electrons. The van der Waals surface area contributed by atoms with Gasteiger partial charge in [0.2, 0.25) is 5.91 Å². The van der Waals surface area contributed by atoms with Gasteiger partial charge in [-0.05, 0) is 67.1 Å². The fourth-order valence-electron chi connectivity index (χ4n) is 5.98. The van der Waals surface area contributed by atoms with Crippen molar-refractivity contribution in [3.63, 3.8) is 0 Å². The highest BCUT2D eigenvalue weighted by atomic mass is 16.5. The molecule has 1 aromatic carbocycles. The van der Waals surface area contributed by atoms with E-state index in [0.717, 1.165) is 29.1 Å². The Bertz CT molecular complexity index is 1100. The molecular formula is C29H39N5O2. The Morgan fingerprint density at radius 3 is 2.69 bits per heavy atom. The number of rotatable bonds is 10. The number of aliphatic imine (C=N–C) groups is 1. The molecule has 5 unspecified atom stereocenters. The van der Waals surface area contributed by atoms with Crippen LogP contribution in [0.5, 0.6) is 0 Å². The first-order valence-electron chi connectivity index (χ1n) is 13.1. The minimum Gasteiger partial charge on any atom is -0.383 e. The molecule has 2 heterocycles. The topological polar surface area (TPSA) is 91.5 Å². The molecule has 5 atom stereocenters. The van der Waals surface area contributed by atoms with Gasteiger partial charge in [-0.3, -0.25) is 19.8 Å². The van der Waals surface area contributed by atoms with Crippen LogP contribution in [0.1, 0.15) is 68.0 Å². The maximum atomic E-state index is 13.0. The molecule has 7 heteroatoms. The summed E-state index contributed by atoms with van der Waals surface area (Å²) >= 11 is 0. The van der Waals surface area contributed by atoms with Crippen molar-refractivity contribution in [3.8, 4) is 0 Å². The van der Waals surface area contributed by atoms with Gasteiger partial charge in [0.25, 0.3) is 0 Å². The molecule has 1 aromatic heterocycles. The highest BCUT2D eigenvalue weighted by Gasteiger charge is 2.48. The maximum absolute atomic E-state index is 13.0. The summed E-state index contributed by atoms with van der Waals surface area (Å²) in [5.74, 6) is 1.34. The number of nitrogens with one attached hydrogen (secondary N) is 1. The van der Waals surface area contributed by atoms with E-state index in [2.05, 4.69) is 51.9 Å². The molecule has 1 aliphatic heterocycles. The fraction of sp³-hybridized carbons (Fsp3) is 0.552. The Balaban J connectivity index is 1.74. The van der Waals surface area contributed by atoms with Crippen molar-refractivity contribution in [2.75, 3.05) is 25.2 Å². The number of amides is 1. The standard InChI is InChI=1S/C29H39N5O2/c1-18(12-25-17-32-19(2)15-33-25)28-20(3)29(22-6-7-22)34(21(4)35)27-9-8-23(13-26(27)28)24(14-30)16-31-10-11-36-5/h8-9,13-18,20,22,24,28-30H,6-7,10-12H2,1-5H3. The van der Waals surface area contributed by atoms with Gasteiger partial charge in [0.1, 0.15) is 0 Å². The average molecular weight is 490 g/mol. The quantitative estimate of drug-likeness (QED) is 0.376. The van der Waals surface area contributed by atoms with Crippen LogP contribution in [0.4, 0.5) is 5.69 Å². The second kappa shape index (κ2) is 11.4. The lowest BCUT2D eigenvalue weighted by molar-refractivity contribution is -0.117. The Morgan fingerprint density at radius 1 is 1.31 bits per heavy atom. The molecule has 7 nitrogen and oxygen atoms in total. The lowest BCUT2D eigenvalue weighted by Crippen LogP contribution is -2.51. The second-order valence-corrected chi connectivity index (χ2v) is 10.5. The van der Waals surface area contributed by atoms with Crippen LogP contribution >= 0.6 is 0 Å². The zero-order valence-electron chi connectivity index (χ0n) is 22.1. The fourth-order valence-corrected chi connectivity index (χ4v) is 5.98. The SMILES string of the molecule is COCCN=CC(C=N)c1ccc2c(c1)C(C(C)Cc1cnc(C)cn1)C(C)C(C1CC1)N2C(C)=O. The number of anilines is 1. The van der Waals surface area contributed by atoms with Crippen LogP contribution in [0, 0.1) is 30.1 Å². The summed E-state index contributed by atoms with van der Waals surface area (Å²) in [6.07, 6.45) is 10.2. The molecule has 2 aromatic rings. The van der Waals surface area contributed by atoms with Crippen molar-refractivity contribution >= 4 is 24.0 Å². The summed E-state index contributed by atoms with van der Waals surface area (Å²) in [5.41, 5.74) is 5.16. The van der Waals surface area contributed by atoms with Crippen LogP contribution in [0.25, 0.3) is 0 Å². The first-order valence-corrected chi connectivity index (χ1v) is 13.1. The van der Waals surface area contributed by atoms with Gasteiger partial charge >= 0.3 is 0 Å². The number of hydrogen-bond acceptors (Lipinski definition) is 6. The van der Waals surface area contributed by atoms with Crippen LogP contribution < -0.4 is 4.90 Å². The highest BCUT2D eigenvalue weighted by molar-refractivity contribution is 5.95. The third kappa shape index (κ3) is 5.56. The predicted molar refractivity (Wildman–Crippen MR) is 144 cm³/mol. The van der Waals surface area contributed by atoms with E-state index in [9.17, 15) is 4.79 Å². The zero-order chi connectivity index (χ0) is 25.8. The maximum Gasteiger partial charge on any atom is 0.224 e. The van der Waals surface area contributed by atoms with E-state index in [-0.39, 0.29) is 23.8 Å². The third-order valence-corrected chi connectivity index (χ3v) is 7.75. The first kappa shape index (κ1) is 26.1. The lowest BCUT2D eigenvalue weighted by Gasteiger charge is -2.47. The van der Waals surface area contributed by atoms with Crippen LogP contribution in [0.3, 0.4) is 0 Å².